The highest BCUT2D eigenvalue weighted by molar-refractivity contribution is 5.78. The van der Waals surface area contributed by atoms with Crippen LogP contribution in [-0.2, 0) is 11.0 Å². The molecule has 1 atom stereocenters. The third-order valence-corrected chi connectivity index (χ3v) is 4.67. The molecule has 1 aliphatic rings. The number of likely N-dealkylation sites (tertiary alicyclic amines) is 1. The molecule has 0 saturated carbocycles. The zero-order chi connectivity index (χ0) is 19.4. The molecule has 144 valence electrons. The van der Waals surface area contributed by atoms with E-state index in [1.54, 1.807) is 12.0 Å². The Bertz CT molecular complexity index is 773. The fourth-order valence-corrected chi connectivity index (χ4v) is 3.11. The maximum atomic E-state index is 12.5. The van der Waals surface area contributed by atoms with Crippen LogP contribution in [0.4, 0.5) is 13.2 Å². The lowest BCUT2D eigenvalue weighted by Gasteiger charge is -2.17. The number of carbonyl (C=O) groups is 1. The normalized spacial score (nSPS) is 17.0. The van der Waals surface area contributed by atoms with Gasteiger partial charge in [-0.3, -0.25) is 4.79 Å². The van der Waals surface area contributed by atoms with Crippen molar-refractivity contribution in [1.29, 1.82) is 0 Å². The second-order valence-electron chi connectivity index (χ2n) is 6.41. The maximum Gasteiger partial charge on any atom is 0.416 e. The van der Waals surface area contributed by atoms with E-state index in [4.69, 9.17) is 9.47 Å². The van der Waals surface area contributed by atoms with E-state index < -0.39 is 11.7 Å². The van der Waals surface area contributed by atoms with Gasteiger partial charge < -0.3 is 14.4 Å². The first kappa shape index (κ1) is 19.1. The lowest BCUT2D eigenvalue weighted by Crippen LogP contribution is -2.32. The highest BCUT2D eigenvalue weighted by atomic mass is 19.4. The fraction of sp³-hybridized carbons (Fsp3) is 0.350. The molecule has 0 aromatic heterocycles. The minimum atomic E-state index is -4.39. The van der Waals surface area contributed by atoms with Gasteiger partial charge in [-0.2, -0.15) is 13.2 Å². The number of methoxy groups -OCH3 is 1. The SMILES string of the molecule is COc1ccc(C2CCN(C(=O)COc3ccc(C(F)(F)F)cc3)C2)cc1. The van der Waals surface area contributed by atoms with E-state index in [0.29, 0.717) is 13.1 Å². The average Bonchev–Trinajstić information content (AvgIpc) is 3.16. The van der Waals surface area contributed by atoms with Gasteiger partial charge in [0.1, 0.15) is 11.5 Å². The van der Waals surface area contributed by atoms with E-state index in [-0.39, 0.29) is 24.2 Å². The van der Waals surface area contributed by atoms with Crippen molar-refractivity contribution in [3.05, 3.63) is 59.7 Å². The number of amides is 1. The summed E-state index contributed by atoms with van der Waals surface area (Å²) in [6, 6.07) is 12.1. The lowest BCUT2D eigenvalue weighted by atomic mass is 9.98. The zero-order valence-corrected chi connectivity index (χ0v) is 14.8. The van der Waals surface area contributed by atoms with E-state index in [9.17, 15) is 18.0 Å². The van der Waals surface area contributed by atoms with Crippen LogP contribution in [0.25, 0.3) is 0 Å². The van der Waals surface area contributed by atoms with Crippen LogP contribution in [0.5, 0.6) is 11.5 Å². The maximum absolute atomic E-state index is 12.5. The van der Waals surface area contributed by atoms with Gasteiger partial charge in [-0.25, -0.2) is 0 Å². The van der Waals surface area contributed by atoms with Gasteiger partial charge in [-0.1, -0.05) is 12.1 Å². The van der Waals surface area contributed by atoms with Gasteiger partial charge in [0.25, 0.3) is 5.91 Å². The molecule has 1 unspecified atom stereocenters. The number of hydrogen-bond donors (Lipinski definition) is 0. The molecule has 2 aromatic carbocycles. The van der Waals surface area contributed by atoms with Crippen molar-refractivity contribution in [2.24, 2.45) is 0 Å². The van der Waals surface area contributed by atoms with Crippen molar-refractivity contribution in [3.63, 3.8) is 0 Å². The number of rotatable bonds is 5. The summed E-state index contributed by atoms with van der Waals surface area (Å²) in [5.74, 6) is 1.11. The summed E-state index contributed by atoms with van der Waals surface area (Å²) in [6.45, 7) is 1.04. The number of alkyl halides is 3. The first-order valence-electron chi connectivity index (χ1n) is 8.58. The van der Waals surface area contributed by atoms with Crippen molar-refractivity contribution in [2.45, 2.75) is 18.5 Å². The van der Waals surface area contributed by atoms with E-state index in [0.717, 1.165) is 29.9 Å². The molecule has 1 fully saturated rings. The number of hydrogen-bond acceptors (Lipinski definition) is 3. The molecule has 3 rings (SSSR count). The predicted molar refractivity (Wildman–Crippen MR) is 93.9 cm³/mol. The van der Waals surface area contributed by atoms with Gasteiger partial charge in [0.2, 0.25) is 0 Å². The van der Waals surface area contributed by atoms with E-state index in [1.807, 2.05) is 24.3 Å². The summed E-state index contributed by atoms with van der Waals surface area (Å²) in [7, 11) is 1.61. The molecule has 4 nitrogen and oxygen atoms in total. The van der Waals surface area contributed by atoms with Crippen LogP contribution in [0.2, 0.25) is 0 Å². The van der Waals surface area contributed by atoms with Gasteiger partial charge in [0.05, 0.1) is 12.7 Å². The van der Waals surface area contributed by atoms with Crippen LogP contribution < -0.4 is 9.47 Å². The van der Waals surface area contributed by atoms with Crippen LogP contribution in [0, 0.1) is 0 Å². The summed E-state index contributed by atoms with van der Waals surface area (Å²) in [5.41, 5.74) is 0.401. The Morgan fingerprint density at radius 2 is 1.70 bits per heavy atom. The molecule has 7 heteroatoms. The minimum absolute atomic E-state index is 0.175. The first-order chi connectivity index (χ1) is 12.9. The molecule has 0 bridgehead atoms. The van der Waals surface area contributed by atoms with Gasteiger partial charge >= 0.3 is 6.18 Å². The molecule has 0 aliphatic carbocycles. The predicted octanol–water partition coefficient (Wildman–Crippen LogP) is 4.11. The van der Waals surface area contributed by atoms with E-state index in [1.165, 1.54) is 12.1 Å². The number of halogens is 3. The van der Waals surface area contributed by atoms with E-state index >= 15 is 0 Å². The third kappa shape index (κ3) is 4.72. The standard InChI is InChI=1S/C20H20F3NO3/c1-26-17-6-2-14(3-7-17)15-10-11-24(12-15)19(25)13-27-18-8-4-16(5-9-18)20(21,22)23/h2-9,15H,10-13H2,1H3. The summed E-state index contributed by atoms with van der Waals surface area (Å²) in [4.78, 5) is 14.0. The Balaban J connectivity index is 1.51. The lowest BCUT2D eigenvalue weighted by molar-refractivity contribution is -0.137. The van der Waals surface area contributed by atoms with Gasteiger partial charge in [0.15, 0.2) is 6.61 Å². The van der Waals surface area contributed by atoms with Crippen molar-refractivity contribution >= 4 is 5.91 Å². The summed E-state index contributed by atoms with van der Waals surface area (Å²) in [6.07, 6.45) is -3.53. The Morgan fingerprint density at radius 3 is 2.30 bits per heavy atom. The van der Waals surface area contributed by atoms with Gasteiger partial charge in [0, 0.05) is 19.0 Å². The van der Waals surface area contributed by atoms with Crippen LogP contribution >= 0.6 is 0 Å². The average molecular weight is 379 g/mol. The smallest absolute Gasteiger partial charge is 0.416 e. The molecule has 0 spiro atoms. The second-order valence-corrected chi connectivity index (χ2v) is 6.41. The Kier molecular flexibility index (Phi) is 5.58. The van der Waals surface area contributed by atoms with Crippen LogP contribution in [-0.4, -0.2) is 37.6 Å². The molecule has 27 heavy (non-hydrogen) atoms. The fourth-order valence-electron chi connectivity index (χ4n) is 3.11. The summed E-state index contributed by atoms with van der Waals surface area (Å²) >= 11 is 0. The van der Waals surface area contributed by atoms with E-state index in [2.05, 4.69) is 0 Å². The number of benzene rings is 2. The number of carbonyl (C=O) groups excluding carboxylic acids is 1. The zero-order valence-electron chi connectivity index (χ0n) is 14.8. The molecule has 1 aliphatic heterocycles. The highest BCUT2D eigenvalue weighted by Gasteiger charge is 2.30. The molecule has 2 aromatic rings. The van der Waals surface area contributed by atoms with Gasteiger partial charge in [-0.05, 0) is 48.4 Å². The monoisotopic (exact) mass is 379 g/mol. The summed E-state index contributed by atoms with van der Waals surface area (Å²) < 4.78 is 48.1. The highest BCUT2D eigenvalue weighted by Crippen LogP contribution is 2.31. The van der Waals surface area contributed by atoms with Crippen LogP contribution in [0.15, 0.2) is 48.5 Å². The molecule has 0 N–H and O–H groups in total. The molecule has 1 saturated heterocycles. The third-order valence-electron chi connectivity index (χ3n) is 4.67. The number of ether oxygens (including phenoxy) is 2. The second kappa shape index (κ2) is 7.90. The first-order valence-corrected chi connectivity index (χ1v) is 8.58. The van der Waals surface area contributed by atoms with Crippen molar-refractivity contribution in [2.75, 3.05) is 26.8 Å². The Hall–Kier alpha value is -2.70. The Labute approximate surface area is 155 Å². The largest absolute Gasteiger partial charge is 0.497 e. The van der Waals surface area contributed by atoms with Gasteiger partial charge in [-0.15, -0.1) is 0 Å². The van der Waals surface area contributed by atoms with Crippen molar-refractivity contribution in [1.82, 2.24) is 4.90 Å². The molecular weight excluding hydrogens is 359 g/mol. The summed E-state index contributed by atoms with van der Waals surface area (Å²) in [5, 5.41) is 0. The van der Waals surface area contributed by atoms with Crippen molar-refractivity contribution in [3.8, 4) is 11.5 Å². The quantitative estimate of drug-likeness (QED) is 0.785. The van der Waals surface area contributed by atoms with Crippen molar-refractivity contribution < 1.29 is 27.4 Å². The van der Waals surface area contributed by atoms with Crippen LogP contribution in [0.1, 0.15) is 23.5 Å². The molecular formula is C20H20F3NO3. The molecule has 1 heterocycles. The molecule has 1 amide bonds. The van der Waals surface area contributed by atoms with Crippen LogP contribution in [0.3, 0.4) is 0 Å². The molecule has 0 radical (unpaired) electrons. The topological polar surface area (TPSA) is 38.8 Å². The number of nitrogens with zero attached hydrogens (tertiary/aromatic N) is 1. The minimum Gasteiger partial charge on any atom is -0.497 e. The Morgan fingerprint density at radius 1 is 1.07 bits per heavy atom.